The molecular formula is C22H24N4O. The normalized spacial score (nSPS) is 15.5. The molecule has 0 radical (unpaired) electrons. The fourth-order valence-corrected chi connectivity index (χ4v) is 3.72. The zero-order valence-electron chi connectivity index (χ0n) is 15.9. The molecule has 0 saturated heterocycles. The van der Waals surface area contributed by atoms with E-state index in [9.17, 15) is 0 Å². The average molecular weight is 360 g/mol. The van der Waals surface area contributed by atoms with Gasteiger partial charge in [-0.3, -0.25) is 0 Å². The standard InChI is InChI=1S/C22H24N4O/c1-15-12-17-8-4-6-10-19(17)26(15)22-13-21(24-16(2)25-22)23-14-18-9-5-7-11-20(18)27-3/h4-11,13,15H,12,14H2,1-3H3,(H,23,24,25). The van der Waals surface area contributed by atoms with Crippen LogP contribution in [0, 0.1) is 6.92 Å². The van der Waals surface area contributed by atoms with Crippen LogP contribution in [0.25, 0.3) is 0 Å². The summed E-state index contributed by atoms with van der Waals surface area (Å²) < 4.78 is 5.43. The van der Waals surface area contributed by atoms with E-state index in [2.05, 4.69) is 52.5 Å². The molecule has 1 unspecified atom stereocenters. The van der Waals surface area contributed by atoms with Gasteiger partial charge >= 0.3 is 0 Å². The maximum atomic E-state index is 5.43. The first-order chi connectivity index (χ1) is 13.2. The van der Waals surface area contributed by atoms with Crippen molar-refractivity contribution in [3.05, 3.63) is 71.5 Å². The van der Waals surface area contributed by atoms with Gasteiger partial charge in [0.05, 0.1) is 7.11 Å². The van der Waals surface area contributed by atoms with Crippen molar-refractivity contribution in [1.29, 1.82) is 0 Å². The third-order valence-electron chi connectivity index (χ3n) is 4.93. The Kier molecular flexibility index (Phi) is 4.67. The predicted molar refractivity (Wildman–Crippen MR) is 109 cm³/mol. The minimum absolute atomic E-state index is 0.374. The van der Waals surface area contributed by atoms with Gasteiger partial charge < -0.3 is 15.0 Å². The van der Waals surface area contributed by atoms with E-state index in [-0.39, 0.29) is 0 Å². The minimum atomic E-state index is 0.374. The second-order valence-electron chi connectivity index (χ2n) is 6.88. The molecule has 5 nitrogen and oxygen atoms in total. The van der Waals surface area contributed by atoms with E-state index in [0.29, 0.717) is 12.6 Å². The summed E-state index contributed by atoms with van der Waals surface area (Å²) in [6.45, 7) is 4.82. The van der Waals surface area contributed by atoms with E-state index < -0.39 is 0 Å². The Bertz CT molecular complexity index is 957. The van der Waals surface area contributed by atoms with Gasteiger partial charge in [0.2, 0.25) is 0 Å². The maximum absolute atomic E-state index is 5.43. The number of rotatable bonds is 5. The average Bonchev–Trinajstić information content (AvgIpc) is 3.02. The van der Waals surface area contributed by atoms with E-state index in [1.807, 2.05) is 31.2 Å². The van der Waals surface area contributed by atoms with E-state index in [1.54, 1.807) is 7.11 Å². The van der Waals surface area contributed by atoms with Crippen LogP contribution in [0.4, 0.5) is 17.3 Å². The molecule has 2 heterocycles. The number of aryl methyl sites for hydroxylation is 1. The predicted octanol–water partition coefficient (Wildman–Crippen LogP) is 4.49. The molecule has 1 aromatic heterocycles. The van der Waals surface area contributed by atoms with Gasteiger partial charge in [0.1, 0.15) is 23.2 Å². The Labute approximate surface area is 160 Å². The van der Waals surface area contributed by atoms with Crippen molar-refractivity contribution in [3.63, 3.8) is 0 Å². The van der Waals surface area contributed by atoms with E-state index >= 15 is 0 Å². The van der Waals surface area contributed by atoms with E-state index in [4.69, 9.17) is 9.72 Å². The first-order valence-corrected chi connectivity index (χ1v) is 9.24. The number of nitrogens with one attached hydrogen (secondary N) is 1. The number of para-hydroxylation sites is 2. The smallest absolute Gasteiger partial charge is 0.139 e. The van der Waals surface area contributed by atoms with Gasteiger partial charge in [0.15, 0.2) is 0 Å². The van der Waals surface area contributed by atoms with Crippen molar-refractivity contribution >= 4 is 17.3 Å². The molecule has 1 aliphatic rings. The van der Waals surface area contributed by atoms with Crippen LogP contribution in [0.1, 0.15) is 23.9 Å². The molecule has 0 saturated carbocycles. The number of hydrogen-bond donors (Lipinski definition) is 1. The summed E-state index contributed by atoms with van der Waals surface area (Å²) in [5.74, 6) is 3.38. The summed E-state index contributed by atoms with van der Waals surface area (Å²) in [6, 6.07) is 19.0. The Hall–Kier alpha value is -3.08. The fraction of sp³-hybridized carbons (Fsp3) is 0.273. The lowest BCUT2D eigenvalue weighted by Crippen LogP contribution is -2.25. The molecule has 0 aliphatic carbocycles. The van der Waals surface area contributed by atoms with Crippen LogP contribution in [-0.4, -0.2) is 23.1 Å². The summed E-state index contributed by atoms with van der Waals surface area (Å²) in [5.41, 5.74) is 3.70. The number of hydrogen-bond acceptors (Lipinski definition) is 5. The Balaban J connectivity index is 1.61. The number of aromatic nitrogens is 2. The Morgan fingerprint density at radius 2 is 1.89 bits per heavy atom. The minimum Gasteiger partial charge on any atom is -0.496 e. The highest BCUT2D eigenvalue weighted by Gasteiger charge is 2.28. The number of benzene rings is 2. The second-order valence-corrected chi connectivity index (χ2v) is 6.88. The molecular weight excluding hydrogens is 336 g/mol. The zero-order chi connectivity index (χ0) is 18.8. The van der Waals surface area contributed by atoms with Crippen LogP contribution in [-0.2, 0) is 13.0 Å². The number of nitrogens with zero attached hydrogens (tertiary/aromatic N) is 3. The third-order valence-corrected chi connectivity index (χ3v) is 4.93. The molecule has 138 valence electrons. The van der Waals surface area contributed by atoms with E-state index in [0.717, 1.165) is 35.2 Å². The SMILES string of the molecule is COc1ccccc1CNc1cc(N2c3ccccc3CC2C)nc(C)n1. The molecule has 0 amide bonds. The molecule has 0 spiro atoms. The van der Waals surface area contributed by atoms with Crippen LogP contribution in [0.5, 0.6) is 5.75 Å². The lowest BCUT2D eigenvalue weighted by Gasteiger charge is -2.24. The summed E-state index contributed by atoms with van der Waals surface area (Å²) >= 11 is 0. The van der Waals surface area contributed by atoms with Crippen molar-refractivity contribution in [2.24, 2.45) is 0 Å². The summed E-state index contributed by atoms with van der Waals surface area (Å²) in [6.07, 6.45) is 1.03. The van der Waals surface area contributed by atoms with Gasteiger partial charge in [0.25, 0.3) is 0 Å². The first-order valence-electron chi connectivity index (χ1n) is 9.24. The molecule has 4 rings (SSSR count). The van der Waals surface area contributed by atoms with Crippen LogP contribution in [0.3, 0.4) is 0 Å². The second kappa shape index (κ2) is 7.27. The molecule has 0 bridgehead atoms. The van der Waals surface area contributed by atoms with Crippen molar-refractivity contribution in [3.8, 4) is 5.75 Å². The highest BCUT2D eigenvalue weighted by molar-refractivity contribution is 5.70. The van der Waals surface area contributed by atoms with Crippen molar-refractivity contribution in [1.82, 2.24) is 9.97 Å². The largest absolute Gasteiger partial charge is 0.496 e. The van der Waals surface area contributed by atoms with Crippen LogP contribution < -0.4 is 15.0 Å². The quantitative estimate of drug-likeness (QED) is 0.726. The van der Waals surface area contributed by atoms with Crippen molar-refractivity contribution in [2.75, 3.05) is 17.3 Å². The molecule has 5 heteroatoms. The summed E-state index contributed by atoms with van der Waals surface area (Å²) in [5, 5.41) is 3.42. The molecule has 0 fully saturated rings. The van der Waals surface area contributed by atoms with Crippen LogP contribution in [0.15, 0.2) is 54.6 Å². The number of ether oxygens (including phenoxy) is 1. The molecule has 1 aliphatic heterocycles. The number of anilines is 3. The number of methoxy groups -OCH3 is 1. The lowest BCUT2D eigenvalue weighted by atomic mass is 10.1. The highest BCUT2D eigenvalue weighted by atomic mass is 16.5. The van der Waals surface area contributed by atoms with Gasteiger partial charge in [-0.15, -0.1) is 0 Å². The fourth-order valence-electron chi connectivity index (χ4n) is 3.72. The zero-order valence-corrected chi connectivity index (χ0v) is 15.9. The Morgan fingerprint density at radius 1 is 1.11 bits per heavy atom. The first kappa shape index (κ1) is 17.3. The molecule has 27 heavy (non-hydrogen) atoms. The molecule has 3 aromatic rings. The summed E-state index contributed by atoms with van der Waals surface area (Å²) in [4.78, 5) is 11.6. The molecule has 1 N–H and O–H groups in total. The van der Waals surface area contributed by atoms with Crippen LogP contribution >= 0.6 is 0 Å². The van der Waals surface area contributed by atoms with Gasteiger partial charge in [-0.05, 0) is 38.0 Å². The lowest BCUT2D eigenvalue weighted by molar-refractivity contribution is 0.410. The van der Waals surface area contributed by atoms with Crippen molar-refractivity contribution < 1.29 is 4.74 Å². The monoisotopic (exact) mass is 360 g/mol. The Morgan fingerprint density at radius 3 is 2.74 bits per heavy atom. The topological polar surface area (TPSA) is 50.3 Å². The van der Waals surface area contributed by atoms with Gasteiger partial charge in [-0.1, -0.05) is 36.4 Å². The van der Waals surface area contributed by atoms with Crippen molar-refractivity contribution in [2.45, 2.75) is 32.9 Å². The maximum Gasteiger partial charge on any atom is 0.139 e. The van der Waals surface area contributed by atoms with Gasteiger partial charge in [-0.2, -0.15) is 0 Å². The molecule has 1 atom stereocenters. The van der Waals surface area contributed by atoms with E-state index in [1.165, 1.54) is 11.3 Å². The molecule has 2 aromatic carbocycles. The van der Waals surface area contributed by atoms with Crippen LogP contribution in [0.2, 0.25) is 0 Å². The van der Waals surface area contributed by atoms with Gasteiger partial charge in [0, 0.05) is 29.9 Å². The third kappa shape index (κ3) is 3.45. The highest BCUT2D eigenvalue weighted by Crippen LogP contribution is 2.37. The number of fused-ring (bicyclic) bond motifs is 1. The van der Waals surface area contributed by atoms with Gasteiger partial charge in [-0.25, -0.2) is 9.97 Å². The summed E-state index contributed by atoms with van der Waals surface area (Å²) in [7, 11) is 1.69.